The first kappa shape index (κ1) is 9.97. The van der Waals surface area contributed by atoms with Gasteiger partial charge in [0.2, 0.25) is 0 Å². The van der Waals surface area contributed by atoms with E-state index in [4.69, 9.17) is 0 Å². The van der Waals surface area contributed by atoms with Gasteiger partial charge in [-0.25, -0.2) is 0 Å². The lowest BCUT2D eigenvalue weighted by molar-refractivity contribution is 1.22. The van der Waals surface area contributed by atoms with E-state index in [0.717, 1.165) is 6.42 Å². The molecule has 0 heteroatoms. The van der Waals surface area contributed by atoms with Crippen molar-refractivity contribution < 1.29 is 0 Å². The van der Waals surface area contributed by atoms with Crippen LogP contribution >= 0.6 is 0 Å². The first-order valence-electron chi connectivity index (χ1n) is 5.37. The fourth-order valence-electron chi connectivity index (χ4n) is 1.74. The summed E-state index contributed by atoms with van der Waals surface area (Å²) < 4.78 is 0. The van der Waals surface area contributed by atoms with Crippen LogP contribution in [0.5, 0.6) is 0 Å². The highest BCUT2D eigenvalue weighted by molar-refractivity contribution is 5.76. The van der Waals surface area contributed by atoms with Gasteiger partial charge in [-0.05, 0) is 31.4 Å². The summed E-state index contributed by atoms with van der Waals surface area (Å²) in [6, 6.07) is 8.63. The summed E-state index contributed by atoms with van der Waals surface area (Å²) in [4.78, 5) is 0. The fourth-order valence-corrected chi connectivity index (χ4v) is 1.74. The molecule has 0 aliphatic heterocycles. The monoisotopic (exact) mass is 196 g/mol. The molecule has 1 aromatic rings. The summed E-state index contributed by atoms with van der Waals surface area (Å²) in [5, 5.41) is 0. The highest BCUT2D eigenvalue weighted by atomic mass is 14.0. The second-order valence-corrected chi connectivity index (χ2v) is 4.11. The Morgan fingerprint density at radius 1 is 1.07 bits per heavy atom. The molecule has 0 radical (unpaired) electrons. The zero-order chi connectivity index (χ0) is 10.7. The molecule has 1 aliphatic carbocycles. The Morgan fingerprint density at radius 2 is 1.93 bits per heavy atom. The van der Waals surface area contributed by atoms with Crippen LogP contribution in [0.25, 0.3) is 5.57 Å². The summed E-state index contributed by atoms with van der Waals surface area (Å²) in [7, 11) is 0. The second kappa shape index (κ2) is 4.31. The number of hydrogen-bond donors (Lipinski definition) is 0. The van der Waals surface area contributed by atoms with Crippen molar-refractivity contribution in [2.45, 2.75) is 20.3 Å². The predicted octanol–water partition coefficient (Wildman–Crippen LogP) is 4.28. The maximum Gasteiger partial charge on any atom is -0.0135 e. The molecule has 0 bridgehead atoms. The maximum absolute atomic E-state index is 2.23. The lowest BCUT2D eigenvalue weighted by atomic mass is 10.0. The van der Waals surface area contributed by atoms with Gasteiger partial charge in [0.1, 0.15) is 0 Å². The molecule has 2 rings (SSSR count). The summed E-state index contributed by atoms with van der Waals surface area (Å²) in [5.41, 5.74) is 5.33. The summed E-state index contributed by atoms with van der Waals surface area (Å²) in [5.74, 6) is 0. The molecular weight excluding hydrogens is 180 g/mol. The van der Waals surface area contributed by atoms with Crippen molar-refractivity contribution in [3.05, 3.63) is 65.3 Å². The minimum atomic E-state index is 1.06. The highest BCUT2D eigenvalue weighted by Gasteiger charge is 1.99. The number of rotatable bonds is 1. The molecule has 0 heterocycles. The van der Waals surface area contributed by atoms with Crippen LogP contribution in [0.2, 0.25) is 0 Å². The maximum atomic E-state index is 2.23. The van der Waals surface area contributed by atoms with Gasteiger partial charge in [0.15, 0.2) is 0 Å². The Labute approximate surface area is 91.6 Å². The van der Waals surface area contributed by atoms with Crippen LogP contribution in [0.1, 0.15) is 24.5 Å². The Kier molecular flexibility index (Phi) is 2.86. The zero-order valence-corrected chi connectivity index (χ0v) is 9.33. The van der Waals surface area contributed by atoms with Gasteiger partial charge in [-0.3, -0.25) is 0 Å². The van der Waals surface area contributed by atoms with Crippen LogP contribution in [-0.2, 0) is 0 Å². The Bertz CT molecular complexity index is 445. The van der Waals surface area contributed by atoms with Gasteiger partial charge in [-0.2, -0.15) is 0 Å². The van der Waals surface area contributed by atoms with E-state index in [1.54, 1.807) is 0 Å². The van der Waals surface area contributed by atoms with Crippen molar-refractivity contribution in [1.82, 2.24) is 0 Å². The van der Waals surface area contributed by atoms with Gasteiger partial charge >= 0.3 is 0 Å². The van der Waals surface area contributed by atoms with Crippen LogP contribution in [-0.4, -0.2) is 0 Å². The van der Waals surface area contributed by atoms with Gasteiger partial charge in [-0.15, -0.1) is 0 Å². The van der Waals surface area contributed by atoms with E-state index in [2.05, 4.69) is 62.4 Å². The van der Waals surface area contributed by atoms with Gasteiger partial charge in [0.05, 0.1) is 0 Å². The predicted molar refractivity (Wildman–Crippen MR) is 66.7 cm³/mol. The molecule has 0 atom stereocenters. The van der Waals surface area contributed by atoms with Crippen LogP contribution in [0.3, 0.4) is 0 Å². The Morgan fingerprint density at radius 3 is 2.73 bits per heavy atom. The normalized spacial score (nSPS) is 15.6. The molecule has 0 saturated heterocycles. The zero-order valence-electron chi connectivity index (χ0n) is 9.33. The molecule has 0 saturated carbocycles. The molecule has 1 aliphatic rings. The van der Waals surface area contributed by atoms with E-state index in [1.165, 1.54) is 22.3 Å². The first-order valence-corrected chi connectivity index (χ1v) is 5.37. The van der Waals surface area contributed by atoms with E-state index in [9.17, 15) is 0 Å². The van der Waals surface area contributed by atoms with Crippen LogP contribution in [0.4, 0.5) is 0 Å². The average Bonchev–Trinajstić information content (AvgIpc) is 2.43. The molecule has 0 nitrogen and oxygen atoms in total. The van der Waals surface area contributed by atoms with Crippen molar-refractivity contribution in [2.24, 2.45) is 0 Å². The van der Waals surface area contributed by atoms with Crippen LogP contribution in [0, 0.1) is 6.92 Å². The second-order valence-electron chi connectivity index (χ2n) is 4.11. The first-order chi connectivity index (χ1) is 7.25. The van der Waals surface area contributed by atoms with E-state index >= 15 is 0 Å². The molecule has 1 aromatic carbocycles. The van der Waals surface area contributed by atoms with Gasteiger partial charge in [-0.1, -0.05) is 59.7 Å². The van der Waals surface area contributed by atoms with E-state index in [1.807, 2.05) is 0 Å². The molecule has 15 heavy (non-hydrogen) atoms. The smallest absolute Gasteiger partial charge is 0.0135 e. The lowest BCUT2D eigenvalue weighted by Gasteiger charge is -2.02. The van der Waals surface area contributed by atoms with Crippen molar-refractivity contribution in [3.8, 4) is 0 Å². The quantitative estimate of drug-likeness (QED) is 0.628. The third-order valence-electron chi connectivity index (χ3n) is 2.64. The highest BCUT2D eigenvalue weighted by Crippen LogP contribution is 2.21. The van der Waals surface area contributed by atoms with E-state index in [-0.39, 0.29) is 0 Å². The van der Waals surface area contributed by atoms with E-state index < -0.39 is 0 Å². The molecule has 0 spiro atoms. The lowest BCUT2D eigenvalue weighted by Crippen LogP contribution is -1.81. The number of benzene rings is 1. The summed E-state index contributed by atoms with van der Waals surface area (Å²) in [6.07, 6.45) is 9.91. The van der Waals surface area contributed by atoms with Gasteiger partial charge in [0, 0.05) is 0 Å². The average molecular weight is 196 g/mol. The van der Waals surface area contributed by atoms with Crippen molar-refractivity contribution >= 4 is 5.57 Å². The van der Waals surface area contributed by atoms with Gasteiger partial charge < -0.3 is 0 Å². The third-order valence-corrected chi connectivity index (χ3v) is 2.64. The fraction of sp³-hybridized carbons (Fsp3) is 0.200. The Hall–Kier alpha value is -1.56. The molecular formula is C15H16. The van der Waals surface area contributed by atoms with Crippen molar-refractivity contribution in [2.75, 3.05) is 0 Å². The number of aryl methyl sites for hydroxylation is 1. The third kappa shape index (κ3) is 2.47. The molecule has 76 valence electrons. The number of hydrogen-bond acceptors (Lipinski definition) is 0. The molecule has 0 fully saturated rings. The van der Waals surface area contributed by atoms with Crippen LogP contribution in [0.15, 0.2) is 54.1 Å². The SMILES string of the molecule is CC1=CC=C(c2cccc(C)c2)C=CC1. The van der Waals surface area contributed by atoms with Crippen LogP contribution < -0.4 is 0 Å². The molecule has 0 aromatic heterocycles. The van der Waals surface area contributed by atoms with Crippen molar-refractivity contribution in [3.63, 3.8) is 0 Å². The summed E-state index contributed by atoms with van der Waals surface area (Å²) in [6.45, 7) is 4.30. The topological polar surface area (TPSA) is 0 Å². The minimum absolute atomic E-state index is 1.06. The van der Waals surface area contributed by atoms with Gasteiger partial charge in [0.25, 0.3) is 0 Å². The largest absolute Gasteiger partial charge is 0.0799 e. The standard InChI is InChI=1S/C15H16/c1-12-5-3-7-14(10-9-12)15-8-4-6-13(2)11-15/h3-4,6-11H,5H2,1-2H3. The molecule has 0 unspecified atom stereocenters. The number of allylic oxidation sites excluding steroid dienone is 6. The van der Waals surface area contributed by atoms with Crippen molar-refractivity contribution in [1.29, 1.82) is 0 Å². The molecule has 0 amide bonds. The minimum Gasteiger partial charge on any atom is -0.0799 e. The summed E-state index contributed by atoms with van der Waals surface area (Å²) >= 11 is 0. The Balaban J connectivity index is 2.39. The van der Waals surface area contributed by atoms with E-state index in [0.29, 0.717) is 0 Å². The molecule has 0 N–H and O–H groups in total.